The highest BCUT2D eigenvalue weighted by atomic mass is 32.1. The zero-order valence-electron chi connectivity index (χ0n) is 10.6. The Balaban J connectivity index is 2.27. The van der Waals surface area contributed by atoms with Gasteiger partial charge in [0.1, 0.15) is 22.3 Å². The number of thiocarbonyl (C=S) groups is 1. The Kier molecular flexibility index (Phi) is 4.01. The van der Waals surface area contributed by atoms with Crippen LogP contribution in [0.5, 0.6) is 0 Å². The van der Waals surface area contributed by atoms with Gasteiger partial charge in [0.25, 0.3) is 0 Å². The fourth-order valence-corrected chi connectivity index (χ4v) is 2.29. The van der Waals surface area contributed by atoms with Crippen LogP contribution < -0.4 is 11.1 Å². The van der Waals surface area contributed by atoms with Crippen LogP contribution in [0.3, 0.4) is 0 Å². The minimum absolute atomic E-state index is 0.0310. The summed E-state index contributed by atoms with van der Waals surface area (Å²) in [6, 6.07) is 2.28. The summed E-state index contributed by atoms with van der Waals surface area (Å²) in [6.45, 7) is 2.98. The van der Waals surface area contributed by atoms with Crippen molar-refractivity contribution in [1.29, 1.82) is 0 Å². The largest absolute Gasteiger partial charge is 0.389 e. The second-order valence-electron chi connectivity index (χ2n) is 5.02. The number of hydrogen-bond donors (Lipinski definition) is 2. The summed E-state index contributed by atoms with van der Waals surface area (Å²) in [5, 5.41) is 2.90. The average Bonchev–Trinajstić information content (AvgIpc) is 2.34. The maximum Gasteiger partial charge on any atom is 0.150 e. The second-order valence-corrected chi connectivity index (χ2v) is 5.46. The number of ether oxygens (including phenoxy) is 1. The third kappa shape index (κ3) is 3.19. The van der Waals surface area contributed by atoms with Crippen LogP contribution in [0.1, 0.15) is 25.3 Å². The van der Waals surface area contributed by atoms with Crippen LogP contribution in [0.25, 0.3) is 0 Å². The van der Waals surface area contributed by atoms with Crippen molar-refractivity contribution in [2.75, 3.05) is 18.5 Å². The van der Waals surface area contributed by atoms with E-state index in [1.54, 1.807) is 0 Å². The summed E-state index contributed by atoms with van der Waals surface area (Å²) < 4.78 is 33.2. The predicted octanol–water partition coefficient (Wildman–Crippen LogP) is 2.58. The number of anilines is 1. The van der Waals surface area contributed by atoms with Crippen LogP contribution in [0.15, 0.2) is 12.1 Å². The molecule has 0 aliphatic carbocycles. The molecule has 3 nitrogen and oxygen atoms in total. The Labute approximate surface area is 116 Å². The normalized spacial score (nSPS) is 23.1. The van der Waals surface area contributed by atoms with Gasteiger partial charge in [0, 0.05) is 12.2 Å². The van der Waals surface area contributed by atoms with Crippen LogP contribution in [-0.2, 0) is 4.74 Å². The fourth-order valence-electron chi connectivity index (χ4n) is 2.17. The Bertz CT molecular complexity index is 478. The van der Waals surface area contributed by atoms with Crippen LogP contribution in [0.2, 0.25) is 0 Å². The van der Waals surface area contributed by atoms with Gasteiger partial charge in [0.05, 0.1) is 12.1 Å². The highest BCUT2D eigenvalue weighted by Crippen LogP contribution is 2.28. The van der Waals surface area contributed by atoms with Crippen molar-refractivity contribution in [1.82, 2.24) is 0 Å². The lowest BCUT2D eigenvalue weighted by atomic mass is 9.94. The van der Waals surface area contributed by atoms with E-state index in [4.69, 9.17) is 22.7 Å². The summed E-state index contributed by atoms with van der Waals surface area (Å²) >= 11 is 4.71. The smallest absolute Gasteiger partial charge is 0.150 e. The Morgan fingerprint density at radius 2 is 2.05 bits per heavy atom. The van der Waals surface area contributed by atoms with Gasteiger partial charge < -0.3 is 15.8 Å². The van der Waals surface area contributed by atoms with E-state index in [1.807, 2.05) is 6.92 Å². The van der Waals surface area contributed by atoms with Gasteiger partial charge >= 0.3 is 0 Å². The lowest BCUT2D eigenvalue weighted by Gasteiger charge is -2.35. The molecule has 1 aliphatic heterocycles. The molecule has 3 N–H and O–H groups in total. The van der Waals surface area contributed by atoms with Gasteiger partial charge in [-0.05, 0) is 31.9 Å². The third-order valence-electron chi connectivity index (χ3n) is 3.19. The molecule has 1 heterocycles. The van der Waals surface area contributed by atoms with Crippen molar-refractivity contribution in [3.05, 3.63) is 29.3 Å². The molecule has 0 spiro atoms. The van der Waals surface area contributed by atoms with Crippen molar-refractivity contribution in [2.24, 2.45) is 5.73 Å². The molecule has 0 aromatic heterocycles. The molecule has 0 amide bonds. The van der Waals surface area contributed by atoms with Crippen LogP contribution in [0, 0.1) is 11.6 Å². The molecule has 0 radical (unpaired) electrons. The summed E-state index contributed by atoms with van der Waals surface area (Å²) in [6.07, 6.45) is 1.65. The zero-order chi connectivity index (χ0) is 14.0. The molecule has 0 saturated carbocycles. The number of nitrogens with one attached hydrogen (secondary N) is 1. The molecular weight excluding hydrogens is 270 g/mol. The van der Waals surface area contributed by atoms with E-state index in [9.17, 15) is 8.78 Å². The molecule has 0 bridgehead atoms. The average molecular weight is 286 g/mol. The minimum atomic E-state index is -0.699. The SMILES string of the molecule is CC1(Nc2c(F)cc(C(N)=S)cc2F)CCCOC1. The molecule has 1 aliphatic rings. The molecular formula is C13H16F2N2OS. The molecule has 1 aromatic carbocycles. The molecule has 1 aromatic rings. The summed E-state index contributed by atoms with van der Waals surface area (Å²) in [5.74, 6) is -1.40. The van der Waals surface area contributed by atoms with Gasteiger partial charge in [-0.15, -0.1) is 0 Å². The number of rotatable bonds is 3. The summed E-state index contributed by atoms with van der Waals surface area (Å²) in [5.41, 5.74) is 4.92. The van der Waals surface area contributed by atoms with Crippen molar-refractivity contribution in [3.63, 3.8) is 0 Å². The maximum atomic E-state index is 13.9. The second kappa shape index (κ2) is 5.38. The van der Waals surface area contributed by atoms with E-state index in [-0.39, 0.29) is 16.2 Å². The minimum Gasteiger partial charge on any atom is -0.389 e. The summed E-state index contributed by atoms with van der Waals surface area (Å²) in [4.78, 5) is -0.0310. The Morgan fingerprint density at radius 1 is 1.42 bits per heavy atom. The van der Waals surface area contributed by atoms with Crippen LogP contribution in [0.4, 0.5) is 14.5 Å². The van der Waals surface area contributed by atoms with Gasteiger partial charge in [0.2, 0.25) is 0 Å². The van der Waals surface area contributed by atoms with Gasteiger partial charge in [-0.2, -0.15) is 0 Å². The van der Waals surface area contributed by atoms with E-state index in [2.05, 4.69) is 5.32 Å². The molecule has 6 heteroatoms. The lowest BCUT2D eigenvalue weighted by Crippen LogP contribution is -2.43. The third-order valence-corrected chi connectivity index (χ3v) is 3.43. The molecule has 19 heavy (non-hydrogen) atoms. The van der Waals surface area contributed by atoms with Gasteiger partial charge in [-0.3, -0.25) is 0 Å². The molecule has 1 fully saturated rings. The van der Waals surface area contributed by atoms with Crippen molar-refractivity contribution < 1.29 is 13.5 Å². The van der Waals surface area contributed by atoms with E-state index >= 15 is 0 Å². The van der Waals surface area contributed by atoms with Crippen molar-refractivity contribution >= 4 is 22.9 Å². The summed E-state index contributed by atoms with van der Waals surface area (Å²) in [7, 11) is 0. The Hall–Kier alpha value is -1.27. The maximum absolute atomic E-state index is 13.9. The first kappa shape index (κ1) is 14.1. The molecule has 104 valence electrons. The van der Waals surface area contributed by atoms with Crippen LogP contribution >= 0.6 is 12.2 Å². The Morgan fingerprint density at radius 3 is 2.53 bits per heavy atom. The number of benzene rings is 1. The highest BCUT2D eigenvalue weighted by molar-refractivity contribution is 7.80. The molecule has 2 rings (SSSR count). The zero-order valence-corrected chi connectivity index (χ0v) is 11.4. The first-order valence-corrected chi connectivity index (χ1v) is 6.47. The molecule has 1 saturated heterocycles. The first-order valence-electron chi connectivity index (χ1n) is 6.06. The standard InChI is InChI=1S/C13H16F2N2OS/c1-13(3-2-4-18-7-13)17-11-9(14)5-8(12(16)19)6-10(11)15/h5-6,17H,2-4,7H2,1H3,(H2,16,19). The highest BCUT2D eigenvalue weighted by Gasteiger charge is 2.29. The van der Waals surface area contributed by atoms with E-state index in [0.717, 1.165) is 25.0 Å². The van der Waals surface area contributed by atoms with E-state index in [0.29, 0.717) is 13.2 Å². The lowest BCUT2D eigenvalue weighted by molar-refractivity contribution is 0.0538. The molecule has 1 unspecified atom stereocenters. The quantitative estimate of drug-likeness (QED) is 0.839. The van der Waals surface area contributed by atoms with Crippen LogP contribution in [-0.4, -0.2) is 23.7 Å². The van der Waals surface area contributed by atoms with E-state index in [1.165, 1.54) is 0 Å². The van der Waals surface area contributed by atoms with Crippen molar-refractivity contribution in [3.8, 4) is 0 Å². The predicted molar refractivity (Wildman–Crippen MR) is 74.3 cm³/mol. The van der Waals surface area contributed by atoms with Gasteiger partial charge in [-0.1, -0.05) is 12.2 Å². The monoisotopic (exact) mass is 286 g/mol. The van der Waals surface area contributed by atoms with E-state index < -0.39 is 17.2 Å². The number of halogens is 2. The number of hydrogen-bond acceptors (Lipinski definition) is 3. The fraction of sp³-hybridized carbons (Fsp3) is 0.462. The first-order chi connectivity index (χ1) is 8.91. The topological polar surface area (TPSA) is 47.3 Å². The van der Waals surface area contributed by atoms with Gasteiger partial charge in [0.15, 0.2) is 0 Å². The number of nitrogens with two attached hydrogens (primary N) is 1. The molecule has 1 atom stereocenters. The van der Waals surface area contributed by atoms with Crippen molar-refractivity contribution in [2.45, 2.75) is 25.3 Å². The van der Waals surface area contributed by atoms with Gasteiger partial charge in [-0.25, -0.2) is 8.78 Å².